The van der Waals surface area contributed by atoms with Crippen molar-refractivity contribution in [3.63, 3.8) is 0 Å². The monoisotopic (exact) mass is 428 g/mol. The van der Waals surface area contributed by atoms with E-state index in [0.29, 0.717) is 24.6 Å². The topological polar surface area (TPSA) is 86.8 Å². The highest BCUT2D eigenvalue weighted by atomic mass is 32.2. The van der Waals surface area contributed by atoms with E-state index in [0.717, 1.165) is 55.9 Å². The lowest BCUT2D eigenvalue weighted by atomic mass is 10.2. The van der Waals surface area contributed by atoms with E-state index in [-0.39, 0.29) is 11.7 Å². The molecule has 0 radical (unpaired) electrons. The maximum Gasteiger partial charge on any atom is 0.258 e. The molecule has 2 fully saturated rings. The molecule has 1 unspecified atom stereocenters. The van der Waals surface area contributed by atoms with Gasteiger partial charge in [0.25, 0.3) is 5.56 Å². The number of nitrogens with zero attached hydrogens (tertiary/aromatic N) is 6. The Kier molecular flexibility index (Phi) is 5.69. The Hall–Kier alpha value is -2.43. The van der Waals surface area contributed by atoms with Gasteiger partial charge in [-0.3, -0.25) is 13.8 Å². The molecular formula is C20H24N6O3S. The van der Waals surface area contributed by atoms with Crippen molar-refractivity contribution in [3.05, 3.63) is 46.5 Å². The van der Waals surface area contributed by atoms with E-state index in [4.69, 9.17) is 9.47 Å². The first-order valence-electron chi connectivity index (χ1n) is 10.3. The molecule has 10 heteroatoms. The Labute approximate surface area is 178 Å². The van der Waals surface area contributed by atoms with Crippen molar-refractivity contribution >= 4 is 23.4 Å². The van der Waals surface area contributed by atoms with Gasteiger partial charge in [-0.25, -0.2) is 4.98 Å². The summed E-state index contributed by atoms with van der Waals surface area (Å²) in [6.07, 6.45) is 4.05. The highest BCUT2D eigenvalue weighted by Crippen LogP contribution is 2.27. The highest BCUT2D eigenvalue weighted by Gasteiger charge is 2.25. The molecule has 9 nitrogen and oxygen atoms in total. The van der Waals surface area contributed by atoms with Crippen molar-refractivity contribution in [1.82, 2.24) is 24.1 Å². The number of anilines is 1. The summed E-state index contributed by atoms with van der Waals surface area (Å²) in [5, 5.41) is 9.76. The lowest BCUT2D eigenvalue weighted by molar-refractivity contribution is 0.0942. The molecule has 1 atom stereocenters. The lowest BCUT2D eigenvalue weighted by Crippen LogP contribution is -2.38. The summed E-state index contributed by atoms with van der Waals surface area (Å²) in [5.74, 6) is 1.41. The molecular weight excluding hydrogens is 404 g/mol. The second kappa shape index (κ2) is 8.75. The van der Waals surface area contributed by atoms with Crippen LogP contribution < -0.4 is 10.5 Å². The molecule has 2 saturated heterocycles. The van der Waals surface area contributed by atoms with Gasteiger partial charge in [-0.1, -0.05) is 17.8 Å². The highest BCUT2D eigenvalue weighted by molar-refractivity contribution is 7.98. The molecule has 3 aromatic rings. The summed E-state index contributed by atoms with van der Waals surface area (Å²) >= 11 is 1.55. The fraction of sp³-hybridized carbons (Fsp3) is 0.500. The van der Waals surface area contributed by atoms with Crippen LogP contribution in [0.3, 0.4) is 0 Å². The first-order valence-corrected chi connectivity index (χ1v) is 11.2. The van der Waals surface area contributed by atoms with Gasteiger partial charge in [0.1, 0.15) is 5.65 Å². The summed E-state index contributed by atoms with van der Waals surface area (Å²) in [6, 6.07) is 7.13. The summed E-state index contributed by atoms with van der Waals surface area (Å²) in [5.41, 5.74) is 1.30. The molecule has 2 aliphatic heterocycles. The van der Waals surface area contributed by atoms with Crippen molar-refractivity contribution in [2.24, 2.45) is 0 Å². The van der Waals surface area contributed by atoms with Crippen LogP contribution in [-0.2, 0) is 21.8 Å². The van der Waals surface area contributed by atoms with Crippen LogP contribution in [0.15, 0.2) is 40.4 Å². The number of ether oxygens (including phenoxy) is 2. The van der Waals surface area contributed by atoms with Crippen LogP contribution in [-0.4, -0.2) is 63.2 Å². The van der Waals surface area contributed by atoms with Gasteiger partial charge in [0, 0.05) is 37.7 Å². The predicted octanol–water partition coefficient (Wildman–Crippen LogP) is 1.59. The minimum Gasteiger partial charge on any atom is -0.378 e. The van der Waals surface area contributed by atoms with Crippen LogP contribution in [0.5, 0.6) is 0 Å². The normalized spacial score (nSPS) is 19.6. The fourth-order valence-corrected chi connectivity index (χ4v) is 4.69. The molecule has 30 heavy (non-hydrogen) atoms. The van der Waals surface area contributed by atoms with E-state index in [1.807, 2.05) is 18.2 Å². The number of hydrogen-bond donors (Lipinski definition) is 0. The quantitative estimate of drug-likeness (QED) is 0.547. The maximum absolute atomic E-state index is 12.4. The second-order valence-electron chi connectivity index (χ2n) is 7.43. The number of morpholine rings is 1. The number of rotatable bonds is 6. The number of hydrogen-bond acceptors (Lipinski definition) is 8. The molecule has 0 bridgehead atoms. The average molecular weight is 429 g/mol. The van der Waals surface area contributed by atoms with E-state index in [9.17, 15) is 4.79 Å². The van der Waals surface area contributed by atoms with Gasteiger partial charge in [-0.2, -0.15) is 0 Å². The molecule has 2 aliphatic rings. The van der Waals surface area contributed by atoms with Crippen molar-refractivity contribution in [3.8, 4) is 0 Å². The third-order valence-corrected chi connectivity index (χ3v) is 6.37. The summed E-state index contributed by atoms with van der Waals surface area (Å²) in [7, 11) is 0. The summed E-state index contributed by atoms with van der Waals surface area (Å²) < 4.78 is 15.0. The largest absolute Gasteiger partial charge is 0.378 e. The Morgan fingerprint density at radius 1 is 1.17 bits per heavy atom. The standard InChI is InChI=1S/C20H24N6O3S/c27-18-12-15(21-17-5-1-2-6-25(17)18)14-30-20-23-22-19(24-7-10-28-11-8-24)26(20)13-16-4-3-9-29-16/h1-2,5-6,12,16H,3-4,7-11,13-14H2. The van der Waals surface area contributed by atoms with E-state index >= 15 is 0 Å². The Bertz CT molecular complexity index is 1070. The third kappa shape index (κ3) is 4.07. The third-order valence-electron chi connectivity index (χ3n) is 5.37. The number of pyridine rings is 1. The van der Waals surface area contributed by atoms with Gasteiger partial charge in [-0.05, 0) is 25.0 Å². The minimum absolute atomic E-state index is 0.0778. The van der Waals surface area contributed by atoms with Gasteiger partial charge in [-0.15, -0.1) is 10.2 Å². The first-order chi connectivity index (χ1) is 14.8. The van der Waals surface area contributed by atoms with Gasteiger partial charge in [0.05, 0.1) is 31.6 Å². The van der Waals surface area contributed by atoms with Crippen molar-refractivity contribution in [2.75, 3.05) is 37.8 Å². The smallest absolute Gasteiger partial charge is 0.258 e. The van der Waals surface area contributed by atoms with Gasteiger partial charge >= 0.3 is 0 Å². The number of aromatic nitrogens is 5. The Morgan fingerprint density at radius 3 is 2.90 bits per heavy atom. The molecule has 5 heterocycles. The van der Waals surface area contributed by atoms with E-state index < -0.39 is 0 Å². The molecule has 5 rings (SSSR count). The van der Waals surface area contributed by atoms with Crippen LogP contribution in [0.1, 0.15) is 18.5 Å². The minimum atomic E-state index is -0.0778. The van der Waals surface area contributed by atoms with Gasteiger partial charge in [0.15, 0.2) is 5.16 Å². The first kappa shape index (κ1) is 19.5. The van der Waals surface area contributed by atoms with Crippen molar-refractivity contribution in [1.29, 1.82) is 0 Å². The zero-order valence-electron chi connectivity index (χ0n) is 16.6. The summed E-state index contributed by atoms with van der Waals surface area (Å²) in [4.78, 5) is 19.2. The van der Waals surface area contributed by atoms with Crippen LogP contribution in [0.25, 0.3) is 5.65 Å². The lowest BCUT2D eigenvalue weighted by Gasteiger charge is -2.28. The van der Waals surface area contributed by atoms with Crippen molar-refractivity contribution in [2.45, 2.75) is 36.4 Å². The molecule has 0 aromatic carbocycles. The Balaban J connectivity index is 1.39. The summed E-state index contributed by atoms with van der Waals surface area (Å²) in [6.45, 7) is 4.54. The van der Waals surface area contributed by atoms with Crippen molar-refractivity contribution < 1.29 is 9.47 Å². The van der Waals surface area contributed by atoms with E-state index in [1.54, 1.807) is 28.4 Å². The fourth-order valence-electron chi connectivity index (χ4n) is 3.85. The molecule has 0 N–H and O–H groups in total. The maximum atomic E-state index is 12.4. The SMILES string of the molecule is O=c1cc(CSc2nnc(N3CCOCC3)n2CC2CCCO2)nc2ccccn12. The van der Waals surface area contributed by atoms with Gasteiger partial charge in [0.2, 0.25) is 5.95 Å². The molecule has 0 amide bonds. The average Bonchev–Trinajstić information content (AvgIpc) is 3.43. The van der Waals surface area contributed by atoms with Crippen LogP contribution in [0.4, 0.5) is 5.95 Å². The Morgan fingerprint density at radius 2 is 2.07 bits per heavy atom. The zero-order chi connectivity index (χ0) is 20.3. The van der Waals surface area contributed by atoms with Crippen LogP contribution in [0, 0.1) is 0 Å². The van der Waals surface area contributed by atoms with E-state index in [1.165, 1.54) is 0 Å². The van der Waals surface area contributed by atoms with Gasteiger partial charge < -0.3 is 14.4 Å². The van der Waals surface area contributed by atoms with Crippen LogP contribution >= 0.6 is 11.8 Å². The molecule has 0 saturated carbocycles. The van der Waals surface area contributed by atoms with E-state index in [2.05, 4.69) is 24.6 Å². The predicted molar refractivity (Wildman–Crippen MR) is 113 cm³/mol. The second-order valence-corrected chi connectivity index (χ2v) is 8.37. The molecule has 3 aromatic heterocycles. The number of fused-ring (bicyclic) bond motifs is 1. The molecule has 0 spiro atoms. The number of thioether (sulfide) groups is 1. The van der Waals surface area contributed by atoms with Crippen LogP contribution in [0.2, 0.25) is 0 Å². The molecule has 0 aliphatic carbocycles. The zero-order valence-corrected chi connectivity index (χ0v) is 17.5. The molecule has 158 valence electrons.